The Morgan fingerprint density at radius 3 is 2.62 bits per heavy atom. The Morgan fingerprint density at radius 1 is 1.31 bits per heavy atom. The summed E-state index contributed by atoms with van der Waals surface area (Å²) in [4.78, 5) is 2.10. The fraction of sp³-hybridized carbons (Fsp3) is 0.909. The van der Waals surface area contributed by atoms with Crippen molar-refractivity contribution in [1.29, 1.82) is 0 Å². The van der Waals surface area contributed by atoms with Gasteiger partial charge in [0.05, 0.1) is 6.61 Å². The average molecular weight is 248 g/mol. The highest BCUT2D eigenvalue weighted by Crippen LogP contribution is 1.91. The standard InChI is InChI=1S/C11H24N2O2S/c1-4-13(8-10-14-3)11(16)12-7-6-9-15-5-2/h4-10H2,1-3H3,(H,12,16). The van der Waals surface area contributed by atoms with Gasteiger partial charge in [-0.1, -0.05) is 0 Å². The minimum absolute atomic E-state index is 0.703. The Bertz CT molecular complexity index is 179. The summed E-state index contributed by atoms with van der Waals surface area (Å²) in [7, 11) is 1.70. The van der Waals surface area contributed by atoms with E-state index in [-0.39, 0.29) is 0 Å². The van der Waals surface area contributed by atoms with Crippen molar-refractivity contribution in [2.45, 2.75) is 20.3 Å². The first-order chi connectivity index (χ1) is 7.76. The minimum Gasteiger partial charge on any atom is -0.383 e. The zero-order valence-corrected chi connectivity index (χ0v) is 11.4. The lowest BCUT2D eigenvalue weighted by molar-refractivity contribution is 0.145. The molecular formula is C11H24N2O2S. The van der Waals surface area contributed by atoms with Gasteiger partial charge in [0.15, 0.2) is 5.11 Å². The zero-order valence-electron chi connectivity index (χ0n) is 10.6. The second-order valence-corrected chi connectivity index (χ2v) is 3.74. The van der Waals surface area contributed by atoms with Crippen LogP contribution in [0.25, 0.3) is 0 Å². The Hall–Kier alpha value is -0.390. The van der Waals surface area contributed by atoms with Crippen LogP contribution < -0.4 is 5.32 Å². The Kier molecular flexibility index (Phi) is 10.8. The molecule has 16 heavy (non-hydrogen) atoms. The first-order valence-electron chi connectivity index (χ1n) is 5.85. The molecule has 0 radical (unpaired) electrons. The molecule has 0 aromatic carbocycles. The number of nitrogens with zero attached hydrogens (tertiary/aromatic N) is 1. The number of hydrogen-bond acceptors (Lipinski definition) is 3. The van der Waals surface area contributed by atoms with Gasteiger partial charge in [-0.05, 0) is 32.5 Å². The molecule has 0 atom stereocenters. The molecule has 0 bridgehead atoms. The molecule has 0 rings (SSSR count). The van der Waals surface area contributed by atoms with Gasteiger partial charge < -0.3 is 19.7 Å². The Morgan fingerprint density at radius 2 is 2.06 bits per heavy atom. The smallest absolute Gasteiger partial charge is 0.169 e. The third kappa shape index (κ3) is 7.84. The van der Waals surface area contributed by atoms with Crippen molar-refractivity contribution >= 4 is 17.3 Å². The highest BCUT2D eigenvalue weighted by Gasteiger charge is 2.05. The molecule has 0 fully saturated rings. The molecule has 0 aliphatic carbocycles. The van der Waals surface area contributed by atoms with Crippen LogP contribution in [0.15, 0.2) is 0 Å². The van der Waals surface area contributed by atoms with Gasteiger partial charge in [0.2, 0.25) is 0 Å². The Balaban J connectivity index is 3.58. The fourth-order valence-corrected chi connectivity index (χ4v) is 1.55. The van der Waals surface area contributed by atoms with Gasteiger partial charge in [-0.15, -0.1) is 0 Å². The molecule has 0 amide bonds. The van der Waals surface area contributed by atoms with E-state index in [4.69, 9.17) is 21.7 Å². The number of nitrogens with one attached hydrogen (secondary N) is 1. The van der Waals surface area contributed by atoms with Crippen LogP contribution in [-0.4, -0.2) is 56.6 Å². The highest BCUT2D eigenvalue weighted by molar-refractivity contribution is 7.80. The van der Waals surface area contributed by atoms with E-state index >= 15 is 0 Å². The summed E-state index contributed by atoms with van der Waals surface area (Å²) in [5, 5.41) is 4.03. The lowest BCUT2D eigenvalue weighted by Crippen LogP contribution is -2.41. The van der Waals surface area contributed by atoms with Crippen molar-refractivity contribution in [2.75, 3.05) is 46.6 Å². The average Bonchev–Trinajstić information content (AvgIpc) is 2.30. The van der Waals surface area contributed by atoms with Crippen LogP contribution in [0.1, 0.15) is 20.3 Å². The summed E-state index contributed by atoms with van der Waals surface area (Å²) in [6.07, 6.45) is 0.982. The lowest BCUT2D eigenvalue weighted by atomic mass is 10.4. The van der Waals surface area contributed by atoms with E-state index in [1.165, 1.54) is 0 Å². The van der Waals surface area contributed by atoms with Crippen molar-refractivity contribution in [3.8, 4) is 0 Å². The summed E-state index contributed by atoms with van der Waals surface area (Å²) in [5.41, 5.74) is 0. The van der Waals surface area contributed by atoms with Crippen LogP contribution in [0.2, 0.25) is 0 Å². The normalized spacial score (nSPS) is 10.2. The van der Waals surface area contributed by atoms with Gasteiger partial charge >= 0.3 is 0 Å². The predicted octanol–water partition coefficient (Wildman–Crippen LogP) is 1.26. The van der Waals surface area contributed by atoms with Crippen LogP contribution >= 0.6 is 12.2 Å². The van der Waals surface area contributed by atoms with E-state index in [0.29, 0.717) is 6.61 Å². The monoisotopic (exact) mass is 248 g/mol. The molecule has 1 N–H and O–H groups in total. The maximum absolute atomic E-state index is 5.28. The fourth-order valence-electron chi connectivity index (χ4n) is 1.23. The maximum atomic E-state index is 5.28. The summed E-state index contributed by atoms with van der Waals surface area (Å²) in [6, 6.07) is 0. The number of thiocarbonyl (C=S) groups is 1. The first kappa shape index (κ1) is 15.6. The quantitative estimate of drug-likeness (QED) is 0.491. The number of rotatable bonds is 9. The van der Waals surface area contributed by atoms with E-state index in [1.54, 1.807) is 7.11 Å². The molecule has 0 spiro atoms. The van der Waals surface area contributed by atoms with Crippen molar-refractivity contribution < 1.29 is 9.47 Å². The molecule has 96 valence electrons. The second-order valence-electron chi connectivity index (χ2n) is 3.35. The molecular weight excluding hydrogens is 224 g/mol. The summed E-state index contributed by atoms with van der Waals surface area (Å²) >= 11 is 5.28. The molecule has 0 saturated heterocycles. The summed E-state index contributed by atoms with van der Waals surface area (Å²) in [6.45, 7) is 8.96. The number of hydrogen-bond donors (Lipinski definition) is 1. The molecule has 0 aromatic rings. The lowest BCUT2D eigenvalue weighted by Gasteiger charge is -2.23. The zero-order chi connectivity index (χ0) is 12.2. The third-order valence-corrected chi connectivity index (χ3v) is 2.58. The van der Waals surface area contributed by atoms with Gasteiger partial charge in [0.1, 0.15) is 0 Å². The van der Waals surface area contributed by atoms with Gasteiger partial charge in [0.25, 0.3) is 0 Å². The van der Waals surface area contributed by atoms with E-state index in [0.717, 1.165) is 44.4 Å². The van der Waals surface area contributed by atoms with E-state index in [1.807, 2.05) is 6.92 Å². The van der Waals surface area contributed by atoms with Crippen molar-refractivity contribution in [1.82, 2.24) is 10.2 Å². The molecule has 0 heterocycles. The highest BCUT2D eigenvalue weighted by atomic mass is 32.1. The van der Waals surface area contributed by atoms with Crippen LogP contribution in [-0.2, 0) is 9.47 Å². The predicted molar refractivity (Wildman–Crippen MR) is 70.8 cm³/mol. The molecule has 0 saturated carbocycles. The van der Waals surface area contributed by atoms with Crippen molar-refractivity contribution in [2.24, 2.45) is 0 Å². The maximum Gasteiger partial charge on any atom is 0.169 e. The number of likely N-dealkylation sites (N-methyl/N-ethyl adjacent to an activating group) is 1. The molecule has 5 heteroatoms. The molecule has 0 unspecified atom stereocenters. The largest absolute Gasteiger partial charge is 0.383 e. The van der Waals surface area contributed by atoms with E-state index in [2.05, 4.69) is 17.1 Å². The van der Waals surface area contributed by atoms with Crippen molar-refractivity contribution in [3.63, 3.8) is 0 Å². The van der Waals surface area contributed by atoms with Crippen LogP contribution in [0.3, 0.4) is 0 Å². The van der Waals surface area contributed by atoms with Crippen molar-refractivity contribution in [3.05, 3.63) is 0 Å². The number of methoxy groups -OCH3 is 1. The molecule has 0 aromatic heterocycles. The van der Waals surface area contributed by atoms with Crippen LogP contribution in [0.4, 0.5) is 0 Å². The van der Waals surface area contributed by atoms with Gasteiger partial charge in [-0.25, -0.2) is 0 Å². The molecule has 4 nitrogen and oxygen atoms in total. The van der Waals surface area contributed by atoms with Crippen LogP contribution in [0, 0.1) is 0 Å². The SMILES string of the molecule is CCOCCCNC(=S)N(CC)CCOC. The molecule has 0 aliphatic rings. The summed E-state index contributed by atoms with van der Waals surface area (Å²) in [5.74, 6) is 0. The molecule has 0 aliphatic heterocycles. The van der Waals surface area contributed by atoms with Gasteiger partial charge in [0, 0.05) is 40.0 Å². The Labute approximate surface area is 104 Å². The topological polar surface area (TPSA) is 33.7 Å². The van der Waals surface area contributed by atoms with Gasteiger partial charge in [-0.3, -0.25) is 0 Å². The van der Waals surface area contributed by atoms with E-state index < -0.39 is 0 Å². The first-order valence-corrected chi connectivity index (χ1v) is 6.26. The van der Waals surface area contributed by atoms with Crippen LogP contribution in [0.5, 0.6) is 0 Å². The minimum atomic E-state index is 0.703. The van der Waals surface area contributed by atoms with E-state index in [9.17, 15) is 0 Å². The van der Waals surface area contributed by atoms with Gasteiger partial charge in [-0.2, -0.15) is 0 Å². The number of ether oxygens (including phenoxy) is 2. The second kappa shape index (κ2) is 11.1. The third-order valence-electron chi connectivity index (χ3n) is 2.18. The summed E-state index contributed by atoms with van der Waals surface area (Å²) < 4.78 is 10.3.